The molecule has 9 nitrogen and oxygen atoms in total. The molecule has 0 aromatic heterocycles. The van der Waals surface area contributed by atoms with Crippen LogP contribution in [-0.4, -0.2) is 116 Å². The average Bonchev–Trinajstić information content (AvgIpc) is 3.66. The summed E-state index contributed by atoms with van der Waals surface area (Å²) in [6.45, 7) is 3.50. The largest absolute Gasteiger partial charge is 0.500 e. The highest BCUT2D eigenvalue weighted by atomic mass is 31.1. The average molecular weight is 1200 g/mol. The van der Waals surface area contributed by atoms with Crippen molar-refractivity contribution in [2.24, 2.45) is 5.92 Å². The SMILES string of the molecule is CO[Si](CCCN(CCC(=O)NCCC(CP(c1ccccc1)c1ccccc1)CP(c1ccccc1)c1ccccc1)CCC(=O)NCCN(CP(c1ccccc1)c1ccccc1)CP(c1ccccc1)c1ccccc1)(OC)OC. The molecule has 0 aliphatic carbocycles. The van der Waals surface area contributed by atoms with E-state index in [4.69, 9.17) is 13.3 Å². The third-order valence-electron chi connectivity index (χ3n) is 14.9. The van der Waals surface area contributed by atoms with Crippen LogP contribution in [0.4, 0.5) is 0 Å². The van der Waals surface area contributed by atoms with Crippen molar-refractivity contribution in [1.82, 2.24) is 20.4 Å². The van der Waals surface area contributed by atoms with E-state index in [0.717, 1.165) is 37.7 Å². The van der Waals surface area contributed by atoms with Crippen LogP contribution in [0, 0.1) is 5.92 Å². The van der Waals surface area contributed by atoms with Crippen LogP contribution in [0.15, 0.2) is 243 Å². The van der Waals surface area contributed by atoms with E-state index in [1.807, 2.05) is 0 Å². The van der Waals surface area contributed by atoms with Crippen molar-refractivity contribution in [3.8, 4) is 0 Å². The minimum atomic E-state index is -2.84. The van der Waals surface area contributed by atoms with Crippen molar-refractivity contribution >= 4 is 94.7 Å². The number of carbonyl (C=O) groups is 2. The van der Waals surface area contributed by atoms with E-state index >= 15 is 0 Å². The molecule has 8 aromatic carbocycles. The molecule has 0 radical (unpaired) electrons. The second kappa shape index (κ2) is 35.0. The van der Waals surface area contributed by atoms with Gasteiger partial charge < -0.3 is 28.8 Å². The Balaban J connectivity index is 0.932. The fraction of sp³-hybridized carbons (Fsp3) is 0.275. The lowest BCUT2D eigenvalue weighted by Gasteiger charge is -2.32. The van der Waals surface area contributed by atoms with Crippen LogP contribution in [0.2, 0.25) is 6.04 Å². The maximum absolute atomic E-state index is 14.0. The Morgan fingerprint density at radius 3 is 0.976 bits per heavy atom. The first-order valence-corrected chi connectivity index (χ1v) is 37.0. The molecule has 0 aliphatic rings. The Labute approximate surface area is 501 Å². The van der Waals surface area contributed by atoms with Gasteiger partial charge in [0.05, 0.1) is 0 Å². The molecule has 0 saturated heterocycles. The van der Waals surface area contributed by atoms with Gasteiger partial charge in [0.1, 0.15) is 0 Å². The summed E-state index contributed by atoms with van der Waals surface area (Å²) in [5, 5.41) is 17.5. The van der Waals surface area contributed by atoms with Gasteiger partial charge in [-0.2, -0.15) is 0 Å². The maximum atomic E-state index is 14.0. The summed E-state index contributed by atoms with van der Waals surface area (Å²) in [6.07, 6.45) is 5.98. The van der Waals surface area contributed by atoms with Gasteiger partial charge in [-0.1, -0.05) is 243 Å². The number of hydrogen-bond acceptors (Lipinski definition) is 7. The molecule has 0 spiro atoms. The normalized spacial score (nSPS) is 11.8. The molecule has 8 aromatic rings. The fourth-order valence-corrected chi connectivity index (χ4v) is 22.4. The van der Waals surface area contributed by atoms with Crippen molar-refractivity contribution in [3.63, 3.8) is 0 Å². The van der Waals surface area contributed by atoms with Crippen LogP contribution >= 0.6 is 31.7 Å². The van der Waals surface area contributed by atoms with Gasteiger partial charge in [-0.3, -0.25) is 14.5 Å². The molecule has 0 bridgehead atoms. The van der Waals surface area contributed by atoms with E-state index < -0.39 is 40.5 Å². The lowest BCUT2D eigenvalue weighted by Crippen LogP contribution is -2.43. The van der Waals surface area contributed by atoms with Crippen LogP contribution in [0.5, 0.6) is 0 Å². The van der Waals surface area contributed by atoms with Crippen molar-refractivity contribution in [1.29, 1.82) is 0 Å². The van der Waals surface area contributed by atoms with E-state index in [-0.39, 0.29) is 11.8 Å². The standard InChI is InChI=1S/C69H82N4O5P4Si/c1-76-83(77-2,78-3)54-28-50-72(51-46-68(74)70-48-45-59(55-79(60-29-12-4-13-30-60)61-31-14-5-15-32-61)56-80(62-33-16-6-17-34-62)63-35-18-7-19-36-63)52-47-69(75)71-49-53-73(57-81(64-37-20-8-21-38-64)65-39-22-9-23-40-65)58-82(66-41-24-10-25-42-66)67-43-26-11-27-44-67/h4-27,29-44,59H,28,45-58H2,1-3H3,(H,70,74)(H,71,75). The molecule has 0 atom stereocenters. The first kappa shape index (κ1) is 63.5. The van der Waals surface area contributed by atoms with Crippen LogP contribution in [-0.2, 0) is 22.9 Å². The third-order valence-corrected chi connectivity index (χ3v) is 28.3. The Morgan fingerprint density at radius 1 is 0.386 bits per heavy atom. The summed E-state index contributed by atoms with van der Waals surface area (Å²) in [4.78, 5) is 32.9. The molecule has 0 unspecified atom stereocenters. The predicted octanol–water partition coefficient (Wildman–Crippen LogP) is 10.3. The first-order valence-electron chi connectivity index (χ1n) is 29.0. The molecule has 0 fully saturated rings. The van der Waals surface area contributed by atoms with Crippen molar-refractivity contribution in [3.05, 3.63) is 243 Å². The summed E-state index contributed by atoms with van der Waals surface area (Å²) in [7, 11) is -0.667. The summed E-state index contributed by atoms with van der Waals surface area (Å²) in [5.74, 6) is 0.359. The van der Waals surface area contributed by atoms with Crippen LogP contribution in [0.3, 0.4) is 0 Å². The van der Waals surface area contributed by atoms with Crippen molar-refractivity contribution < 1.29 is 22.9 Å². The summed E-state index contributed by atoms with van der Waals surface area (Å²) in [6, 6.07) is 88.1. The number of benzene rings is 8. The minimum absolute atomic E-state index is 0.00135. The molecule has 83 heavy (non-hydrogen) atoms. The van der Waals surface area contributed by atoms with Gasteiger partial charge in [0.2, 0.25) is 11.8 Å². The number of carbonyl (C=O) groups excluding carboxylic acids is 2. The molecule has 0 heterocycles. The van der Waals surface area contributed by atoms with Gasteiger partial charge in [-0.25, -0.2) is 0 Å². The summed E-state index contributed by atoms with van der Waals surface area (Å²) >= 11 is 0. The Morgan fingerprint density at radius 2 is 0.675 bits per heavy atom. The van der Waals surface area contributed by atoms with Crippen LogP contribution in [0.1, 0.15) is 25.7 Å². The topological polar surface area (TPSA) is 92.4 Å². The molecule has 8 rings (SSSR count). The second-order valence-corrected chi connectivity index (χ2v) is 32.5. The molecular formula is C69H82N4O5P4Si. The van der Waals surface area contributed by atoms with Gasteiger partial charge in [0, 0.05) is 85.5 Å². The monoisotopic (exact) mass is 1200 g/mol. The quantitative estimate of drug-likeness (QED) is 0.0302. The van der Waals surface area contributed by atoms with Gasteiger partial charge in [-0.05, 0) is 112 Å². The number of nitrogens with one attached hydrogen (secondary N) is 2. The van der Waals surface area contributed by atoms with Crippen LogP contribution < -0.4 is 53.1 Å². The number of hydrogen-bond donors (Lipinski definition) is 2. The zero-order valence-corrected chi connectivity index (χ0v) is 53.1. The predicted molar refractivity (Wildman–Crippen MR) is 358 cm³/mol. The van der Waals surface area contributed by atoms with E-state index in [0.29, 0.717) is 64.1 Å². The number of rotatable bonds is 35. The van der Waals surface area contributed by atoms with E-state index in [9.17, 15) is 9.59 Å². The minimum Gasteiger partial charge on any atom is -0.377 e. The molecule has 0 saturated carbocycles. The van der Waals surface area contributed by atoms with Gasteiger partial charge in [-0.15, -0.1) is 0 Å². The van der Waals surface area contributed by atoms with E-state index in [1.54, 1.807) is 21.3 Å². The van der Waals surface area contributed by atoms with Crippen LogP contribution in [0.25, 0.3) is 0 Å². The fourth-order valence-electron chi connectivity index (χ4n) is 10.4. The Bertz CT molecular complexity index is 2530. The zero-order chi connectivity index (χ0) is 57.7. The van der Waals surface area contributed by atoms with Crippen molar-refractivity contribution in [2.45, 2.75) is 31.7 Å². The highest BCUT2D eigenvalue weighted by Gasteiger charge is 2.37. The second-order valence-electron chi connectivity index (χ2n) is 20.5. The van der Waals surface area contributed by atoms with Gasteiger partial charge in [0.15, 0.2) is 0 Å². The zero-order valence-electron chi connectivity index (χ0n) is 48.5. The first-order chi connectivity index (χ1) is 40.8. The smallest absolute Gasteiger partial charge is 0.377 e. The van der Waals surface area contributed by atoms with E-state index in [1.165, 1.54) is 42.4 Å². The molecule has 14 heteroatoms. The lowest BCUT2D eigenvalue weighted by molar-refractivity contribution is -0.121. The van der Waals surface area contributed by atoms with Gasteiger partial charge >= 0.3 is 8.80 Å². The van der Waals surface area contributed by atoms with E-state index in [2.05, 4.69) is 263 Å². The van der Waals surface area contributed by atoms with Gasteiger partial charge in [0.25, 0.3) is 0 Å². The number of amides is 2. The summed E-state index contributed by atoms with van der Waals surface area (Å²) in [5.41, 5.74) is 0. The molecule has 432 valence electrons. The number of nitrogens with zero attached hydrogens (tertiary/aromatic N) is 2. The Kier molecular flexibility index (Phi) is 26.8. The molecular weight excluding hydrogens is 1120 g/mol. The summed E-state index contributed by atoms with van der Waals surface area (Å²) < 4.78 is 17.4. The highest BCUT2D eigenvalue weighted by Crippen LogP contribution is 2.43. The maximum Gasteiger partial charge on any atom is 0.500 e. The molecule has 2 N–H and O–H groups in total. The highest BCUT2D eigenvalue weighted by molar-refractivity contribution is 7.74. The lowest BCUT2D eigenvalue weighted by atomic mass is 10.1. The molecule has 2 amide bonds. The third kappa shape index (κ3) is 20.3. The van der Waals surface area contributed by atoms with Crippen molar-refractivity contribution in [2.75, 3.05) is 85.5 Å². The Hall–Kier alpha value is -5.56. The molecule has 0 aliphatic heterocycles.